The number of carbonyl (C=O) groups is 1. The van der Waals surface area contributed by atoms with Gasteiger partial charge in [-0.15, -0.1) is 5.10 Å². The third kappa shape index (κ3) is 4.06. The van der Waals surface area contributed by atoms with Crippen LogP contribution < -0.4 is 0 Å². The maximum Gasteiger partial charge on any atom is 0.346 e. The molecule has 0 aliphatic rings. The van der Waals surface area contributed by atoms with Gasteiger partial charge in [-0.25, -0.2) is 18.2 Å². The monoisotopic (exact) mass is 330 g/mol. The van der Waals surface area contributed by atoms with Crippen LogP contribution in [0, 0.1) is 0 Å². The Balaban J connectivity index is 3.04. The molecule has 1 heterocycles. The molecule has 0 N–H and O–H groups in total. The zero-order valence-corrected chi connectivity index (χ0v) is 14.8. The molecule has 0 radical (unpaired) electrons. The largest absolute Gasteiger partial charge is 0.346 e. The lowest BCUT2D eigenvalue weighted by Gasteiger charge is -2.28. The van der Waals surface area contributed by atoms with Crippen LogP contribution in [0.1, 0.15) is 53.9 Å². The van der Waals surface area contributed by atoms with Crippen molar-refractivity contribution >= 4 is 15.9 Å². The molecular formula is C14H26N4O3S. The van der Waals surface area contributed by atoms with Gasteiger partial charge in [0.15, 0.2) is 0 Å². The smallest absolute Gasteiger partial charge is 0.320 e. The summed E-state index contributed by atoms with van der Waals surface area (Å²) in [6.07, 6.45) is 3.86. The highest BCUT2D eigenvalue weighted by Crippen LogP contribution is 2.13. The third-order valence-corrected chi connectivity index (χ3v) is 5.43. The van der Waals surface area contributed by atoms with Crippen molar-refractivity contribution in [2.45, 2.75) is 70.3 Å². The van der Waals surface area contributed by atoms with E-state index in [4.69, 9.17) is 0 Å². The van der Waals surface area contributed by atoms with Crippen LogP contribution in [0.4, 0.5) is 4.79 Å². The van der Waals surface area contributed by atoms with E-state index in [1.54, 1.807) is 18.7 Å². The molecule has 22 heavy (non-hydrogen) atoms. The van der Waals surface area contributed by atoms with Crippen LogP contribution in [0.5, 0.6) is 0 Å². The predicted molar refractivity (Wildman–Crippen MR) is 84.5 cm³/mol. The minimum atomic E-state index is -3.57. The number of rotatable bonds is 7. The van der Waals surface area contributed by atoms with E-state index in [9.17, 15) is 13.2 Å². The molecule has 1 amide bonds. The molecule has 0 bridgehead atoms. The second-order valence-corrected chi connectivity index (χ2v) is 8.08. The maximum absolute atomic E-state index is 12.6. The summed E-state index contributed by atoms with van der Waals surface area (Å²) >= 11 is 0. The zero-order chi connectivity index (χ0) is 16.9. The number of sulfone groups is 1. The summed E-state index contributed by atoms with van der Waals surface area (Å²) in [5.74, 6) is 0. The molecule has 1 aromatic rings. The normalized spacial score (nSPS) is 13.4. The Kier molecular flexibility index (Phi) is 6.52. The first kappa shape index (κ1) is 18.6. The van der Waals surface area contributed by atoms with Gasteiger partial charge in [-0.2, -0.15) is 4.68 Å². The number of hydrogen-bond acceptors (Lipinski definition) is 5. The summed E-state index contributed by atoms with van der Waals surface area (Å²) in [6.45, 7) is 9.77. The second-order valence-electron chi connectivity index (χ2n) is 5.68. The van der Waals surface area contributed by atoms with Crippen LogP contribution in [0.15, 0.2) is 11.5 Å². The highest BCUT2D eigenvalue weighted by molar-refractivity contribution is 7.91. The van der Waals surface area contributed by atoms with Crippen molar-refractivity contribution in [3.63, 3.8) is 0 Å². The Hall–Kier alpha value is -1.44. The van der Waals surface area contributed by atoms with Crippen molar-refractivity contribution in [1.82, 2.24) is 19.7 Å². The molecular weight excluding hydrogens is 304 g/mol. The molecule has 0 saturated heterocycles. The molecule has 0 aliphatic carbocycles. The van der Waals surface area contributed by atoms with Gasteiger partial charge in [0.2, 0.25) is 9.84 Å². The molecule has 1 unspecified atom stereocenters. The Morgan fingerprint density at radius 3 is 2.41 bits per heavy atom. The molecule has 7 nitrogen and oxygen atoms in total. The van der Waals surface area contributed by atoms with Gasteiger partial charge < -0.3 is 4.90 Å². The van der Waals surface area contributed by atoms with E-state index in [1.807, 2.05) is 13.8 Å². The lowest BCUT2D eigenvalue weighted by atomic mass is 10.1. The molecule has 0 fully saturated rings. The third-order valence-electron chi connectivity index (χ3n) is 3.49. The topological polar surface area (TPSA) is 85.2 Å². The average Bonchev–Trinajstić information content (AvgIpc) is 2.94. The average molecular weight is 330 g/mol. The minimum absolute atomic E-state index is 0.0757. The fraction of sp³-hybridized carbons (Fsp3) is 0.786. The van der Waals surface area contributed by atoms with E-state index in [2.05, 4.69) is 17.0 Å². The van der Waals surface area contributed by atoms with E-state index in [-0.39, 0.29) is 17.2 Å². The Bertz CT molecular complexity index is 595. The fourth-order valence-corrected chi connectivity index (χ4v) is 2.95. The summed E-state index contributed by atoms with van der Waals surface area (Å²) in [5, 5.41) is 2.96. The zero-order valence-electron chi connectivity index (χ0n) is 14.0. The van der Waals surface area contributed by atoms with Crippen molar-refractivity contribution in [3.05, 3.63) is 6.33 Å². The first-order chi connectivity index (χ1) is 10.3. The number of aromatic nitrogens is 3. The number of carbonyl (C=O) groups excluding carboxylic acids is 1. The molecule has 1 rings (SSSR count). The maximum atomic E-state index is 12.6. The van der Waals surface area contributed by atoms with Crippen LogP contribution in [-0.4, -0.2) is 51.9 Å². The van der Waals surface area contributed by atoms with Gasteiger partial charge in [-0.1, -0.05) is 20.3 Å². The van der Waals surface area contributed by atoms with Crippen molar-refractivity contribution in [2.24, 2.45) is 0 Å². The van der Waals surface area contributed by atoms with Crippen LogP contribution in [-0.2, 0) is 9.84 Å². The minimum Gasteiger partial charge on any atom is -0.320 e. The molecule has 0 aliphatic heterocycles. The number of amides is 1. The Morgan fingerprint density at radius 1 is 1.27 bits per heavy atom. The first-order valence-corrected chi connectivity index (χ1v) is 9.26. The summed E-state index contributed by atoms with van der Waals surface area (Å²) in [6, 6.07) is -0.257. The molecule has 0 aromatic carbocycles. The van der Waals surface area contributed by atoms with E-state index in [0.717, 1.165) is 23.9 Å². The van der Waals surface area contributed by atoms with Gasteiger partial charge in [0.1, 0.15) is 6.33 Å². The van der Waals surface area contributed by atoms with Crippen LogP contribution in [0.3, 0.4) is 0 Å². The van der Waals surface area contributed by atoms with Gasteiger partial charge in [0, 0.05) is 12.6 Å². The Morgan fingerprint density at radius 2 is 1.91 bits per heavy atom. The Labute approximate surface area is 132 Å². The van der Waals surface area contributed by atoms with Crippen molar-refractivity contribution in [3.8, 4) is 0 Å². The van der Waals surface area contributed by atoms with E-state index in [1.165, 1.54) is 6.33 Å². The summed E-state index contributed by atoms with van der Waals surface area (Å²) in [7, 11) is -3.57. The molecule has 0 saturated carbocycles. The SMILES string of the molecule is CCCC(C)N(CCC)C(=O)n1cnc(S(=O)(=O)C(C)C)n1. The van der Waals surface area contributed by atoms with Gasteiger partial charge >= 0.3 is 6.03 Å². The summed E-state index contributed by atoms with van der Waals surface area (Å²) in [5.41, 5.74) is 0. The number of hydrogen-bond donors (Lipinski definition) is 0. The molecule has 1 aromatic heterocycles. The van der Waals surface area contributed by atoms with Gasteiger partial charge in [0.25, 0.3) is 5.16 Å². The number of nitrogens with zero attached hydrogens (tertiary/aromatic N) is 4. The van der Waals surface area contributed by atoms with Gasteiger partial charge in [0.05, 0.1) is 5.25 Å². The van der Waals surface area contributed by atoms with Crippen molar-refractivity contribution in [1.29, 1.82) is 0 Å². The van der Waals surface area contributed by atoms with E-state index < -0.39 is 15.1 Å². The molecule has 8 heteroatoms. The molecule has 126 valence electrons. The quantitative estimate of drug-likeness (QED) is 0.766. The summed E-state index contributed by atoms with van der Waals surface area (Å²) in [4.78, 5) is 18.1. The van der Waals surface area contributed by atoms with Crippen LogP contribution in [0.25, 0.3) is 0 Å². The first-order valence-electron chi connectivity index (χ1n) is 7.72. The van der Waals surface area contributed by atoms with Crippen molar-refractivity contribution < 1.29 is 13.2 Å². The van der Waals surface area contributed by atoms with Crippen LogP contribution in [0.2, 0.25) is 0 Å². The highest BCUT2D eigenvalue weighted by atomic mass is 32.2. The molecule has 1 atom stereocenters. The van der Waals surface area contributed by atoms with E-state index in [0.29, 0.717) is 6.54 Å². The van der Waals surface area contributed by atoms with Crippen LogP contribution >= 0.6 is 0 Å². The fourth-order valence-electron chi connectivity index (χ4n) is 2.13. The van der Waals surface area contributed by atoms with E-state index >= 15 is 0 Å². The lowest BCUT2D eigenvalue weighted by molar-refractivity contribution is 0.173. The van der Waals surface area contributed by atoms with Gasteiger partial charge in [-0.3, -0.25) is 0 Å². The standard InChI is InChI=1S/C14H26N4O3S/c1-6-8-12(5)17(9-7-2)14(19)18-10-15-13(16-18)22(20,21)11(3)4/h10-12H,6-9H2,1-5H3. The highest BCUT2D eigenvalue weighted by Gasteiger charge is 2.27. The molecule has 0 spiro atoms. The van der Waals surface area contributed by atoms with Gasteiger partial charge in [-0.05, 0) is 33.6 Å². The summed E-state index contributed by atoms with van der Waals surface area (Å²) < 4.78 is 25.1. The lowest BCUT2D eigenvalue weighted by Crippen LogP contribution is -2.42. The van der Waals surface area contributed by atoms with Crippen molar-refractivity contribution in [2.75, 3.05) is 6.54 Å². The predicted octanol–water partition coefficient (Wildman–Crippen LogP) is 2.33. The second kappa shape index (κ2) is 7.71.